The summed E-state index contributed by atoms with van der Waals surface area (Å²) in [7, 11) is 0. The molecule has 2 aliphatic heterocycles. The Morgan fingerprint density at radius 2 is 1.69 bits per heavy atom. The third-order valence-corrected chi connectivity index (χ3v) is 7.48. The van der Waals surface area contributed by atoms with Crippen LogP contribution in [0.25, 0.3) is 28.0 Å². The van der Waals surface area contributed by atoms with Gasteiger partial charge in [0.15, 0.2) is 0 Å². The number of imidazole rings is 1. The lowest BCUT2D eigenvalue weighted by molar-refractivity contribution is 0.509. The predicted octanol–water partition coefficient (Wildman–Crippen LogP) is 3.86. The van der Waals surface area contributed by atoms with Crippen molar-refractivity contribution in [1.29, 1.82) is 0 Å². The number of aryl methyl sites for hydroxylation is 2. The lowest BCUT2D eigenvalue weighted by atomic mass is 10.0. The van der Waals surface area contributed by atoms with Crippen molar-refractivity contribution in [2.45, 2.75) is 45.2 Å². The average molecular weight is 482 g/mol. The second-order valence-corrected chi connectivity index (χ2v) is 9.81. The maximum atomic E-state index is 14.5. The van der Waals surface area contributed by atoms with Gasteiger partial charge >= 0.3 is 5.69 Å². The normalized spacial score (nSPS) is 18.6. The Hall–Kier alpha value is -4.11. The Morgan fingerprint density at radius 3 is 2.50 bits per heavy atom. The summed E-state index contributed by atoms with van der Waals surface area (Å²) in [5.74, 6) is 0.492. The Morgan fingerprint density at radius 1 is 0.944 bits per heavy atom. The highest BCUT2D eigenvalue weighted by molar-refractivity contribution is 5.82. The largest absolute Gasteiger partial charge is 0.338 e. The smallest absolute Gasteiger partial charge is 0.307 e. The van der Waals surface area contributed by atoms with Gasteiger partial charge in [0.2, 0.25) is 0 Å². The number of aromatic nitrogens is 6. The molecule has 180 valence electrons. The van der Waals surface area contributed by atoms with Crippen LogP contribution in [-0.4, -0.2) is 35.2 Å². The first-order valence-corrected chi connectivity index (χ1v) is 12.1. The molecule has 0 unspecified atom stereocenters. The van der Waals surface area contributed by atoms with Gasteiger partial charge in [0.25, 0.3) is 0 Å². The van der Waals surface area contributed by atoms with Crippen molar-refractivity contribution in [2.24, 2.45) is 0 Å². The number of benzene rings is 2. The summed E-state index contributed by atoms with van der Waals surface area (Å²) in [6.45, 7) is 3.51. The van der Waals surface area contributed by atoms with E-state index in [1.807, 2.05) is 22.9 Å². The minimum atomic E-state index is -0.220. The van der Waals surface area contributed by atoms with E-state index >= 15 is 0 Å². The van der Waals surface area contributed by atoms with Gasteiger partial charge in [-0.15, -0.1) is 0 Å². The topological polar surface area (TPSA) is 82.6 Å². The molecule has 3 aromatic heterocycles. The average Bonchev–Trinajstić information content (AvgIpc) is 3.57. The number of hydrogen-bond donors (Lipinski definition) is 1. The fourth-order valence-corrected chi connectivity index (χ4v) is 5.74. The Bertz CT molecular complexity index is 1710. The van der Waals surface area contributed by atoms with Crippen LogP contribution in [0, 0.1) is 19.7 Å². The minimum absolute atomic E-state index is 0.139. The number of nitrogens with one attached hydrogen (secondary N) is 1. The molecule has 0 spiro atoms. The summed E-state index contributed by atoms with van der Waals surface area (Å²) < 4.78 is 19.6. The van der Waals surface area contributed by atoms with Gasteiger partial charge in [-0.1, -0.05) is 6.07 Å². The zero-order valence-electron chi connectivity index (χ0n) is 19.9. The first-order valence-electron chi connectivity index (χ1n) is 12.1. The van der Waals surface area contributed by atoms with Gasteiger partial charge in [-0.2, -0.15) is 15.3 Å². The van der Waals surface area contributed by atoms with Gasteiger partial charge in [0.1, 0.15) is 11.6 Å². The van der Waals surface area contributed by atoms with Crippen LogP contribution in [0.5, 0.6) is 0 Å². The highest BCUT2D eigenvalue weighted by atomic mass is 19.1. The van der Waals surface area contributed by atoms with E-state index in [4.69, 9.17) is 5.10 Å². The summed E-state index contributed by atoms with van der Waals surface area (Å²) in [6.07, 6.45) is 9.85. The molecule has 9 heteroatoms. The monoisotopic (exact) mass is 481 g/mol. The van der Waals surface area contributed by atoms with Gasteiger partial charge in [-0.25, -0.2) is 13.9 Å². The van der Waals surface area contributed by atoms with Crippen LogP contribution in [0.15, 0.2) is 59.9 Å². The van der Waals surface area contributed by atoms with E-state index in [1.165, 1.54) is 0 Å². The second kappa shape index (κ2) is 7.69. The standard InChI is InChI=1S/C27H24FN7O/c1-15-9-21(10-16(2)25(15)28)35-26(24-22-6-4-19(31-22)12-23(24)32-35)34-8-7-33(27(34)36)20-5-3-17-13-29-30-14-18(17)11-20/h3,5,7-11,13-14,19,22,31H,4,6,12H2,1-2H3/t19-,22+/m1/s1. The Balaban J connectivity index is 1.44. The molecule has 5 heterocycles. The zero-order chi connectivity index (χ0) is 24.6. The molecule has 0 saturated carbocycles. The van der Waals surface area contributed by atoms with E-state index in [0.29, 0.717) is 23.0 Å². The lowest BCUT2D eigenvalue weighted by Crippen LogP contribution is -2.32. The highest BCUT2D eigenvalue weighted by Gasteiger charge is 2.38. The first-order chi connectivity index (χ1) is 17.5. The van der Waals surface area contributed by atoms with Crippen molar-refractivity contribution >= 4 is 10.8 Å². The second-order valence-electron chi connectivity index (χ2n) is 9.81. The van der Waals surface area contributed by atoms with Crippen LogP contribution in [-0.2, 0) is 6.42 Å². The fourth-order valence-electron chi connectivity index (χ4n) is 5.74. The summed E-state index contributed by atoms with van der Waals surface area (Å²) in [5.41, 5.74) is 4.44. The van der Waals surface area contributed by atoms with Crippen LogP contribution in [0.3, 0.4) is 0 Å². The summed E-state index contributed by atoms with van der Waals surface area (Å²) in [4.78, 5) is 13.8. The maximum absolute atomic E-state index is 14.5. The molecular weight excluding hydrogens is 457 g/mol. The van der Waals surface area contributed by atoms with Crippen LogP contribution in [0.4, 0.5) is 4.39 Å². The minimum Gasteiger partial charge on any atom is -0.307 e. The maximum Gasteiger partial charge on any atom is 0.338 e. The summed E-state index contributed by atoms with van der Waals surface area (Å²) in [6, 6.07) is 9.89. The fraction of sp³-hybridized carbons (Fsp3) is 0.259. The number of halogens is 1. The van der Waals surface area contributed by atoms with Gasteiger partial charge in [-0.05, 0) is 62.1 Å². The highest BCUT2D eigenvalue weighted by Crippen LogP contribution is 2.40. The third kappa shape index (κ3) is 3.09. The number of hydrogen-bond acceptors (Lipinski definition) is 5. The molecular formula is C27H24FN7O. The summed E-state index contributed by atoms with van der Waals surface area (Å²) in [5, 5.41) is 18.4. The molecule has 8 nitrogen and oxygen atoms in total. The van der Waals surface area contributed by atoms with E-state index < -0.39 is 0 Å². The van der Waals surface area contributed by atoms with Crippen molar-refractivity contribution in [1.82, 2.24) is 34.4 Å². The lowest BCUT2D eigenvalue weighted by Gasteiger charge is -2.21. The van der Waals surface area contributed by atoms with Crippen LogP contribution in [0.2, 0.25) is 0 Å². The molecule has 1 saturated heterocycles. The van der Waals surface area contributed by atoms with Crippen molar-refractivity contribution in [2.75, 3.05) is 0 Å². The molecule has 2 bridgehead atoms. The van der Waals surface area contributed by atoms with E-state index in [2.05, 4.69) is 15.5 Å². The molecule has 1 fully saturated rings. The van der Waals surface area contributed by atoms with Crippen LogP contribution in [0.1, 0.15) is 41.3 Å². The molecule has 1 N–H and O–H groups in total. The SMILES string of the molecule is Cc1cc(-n2nc3c(c2-n2ccn(-c4ccc5cnncc5c4)c2=O)[C@@H]2CC[C@H](C3)N2)cc(C)c1F. The van der Waals surface area contributed by atoms with E-state index in [-0.39, 0.29) is 17.5 Å². The molecule has 2 aromatic carbocycles. The predicted molar refractivity (Wildman–Crippen MR) is 134 cm³/mol. The van der Waals surface area contributed by atoms with Crippen molar-refractivity contribution < 1.29 is 4.39 Å². The molecule has 5 aromatic rings. The van der Waals surface area contributed by atoms with Crippen molar-refractivity contribution in [3.05, 3.63) is 93.8 Å². The van der Waals surface area contributed by atoms with Crippen LogP contribution >= 0.6 is 0 Å². The molecule has 0 aliphatic carbocycles. The molecule has 0 radical (unpaired) electrons. The quantitative estimate of drug-likeness (QED) is 0.423. The molecule has 36 heavy (non-hydrogen) atoms. The van der Waals surface area contributed by atoms with E-state index in [1.54, 1.807) is 59.9 Å². The molecule has 7 rings (SSSR count). The number of rotatable bonds is 3. The van der Waals surface area contributed by atoms with Crippen molar-refractivity contribution in [3.8, 4) is 17.2 Å². The van der Waals surface area contributed by atoms with Gasteiger partial charge in [0.05, 0.1) is 29.5 Å². The van der Waals surface area contributed by atoms with Gasteiger partial charge in [0, 0.05) is 47.2 Å². The summed E-state index contributed by atoms with van der Waals surface area (Å²) >= 11 is 0. The zero-order valence-corrected chi connectivity index (χ0v) is 19.9. The van der Waals surface area contributed by atoms with Crippen LogP contribution < -0.4 is 11.0 Å². The first kappa shape index (κ1) is 21.2. The van der Waals surface area contributed by atoms with E-state index in [0.717, 1.165) is 52.7 Å². The number of nitrogens with zero attached hydrogens (tertiary/aromatic N) is 6. The van der Waals surface area contributed by atoms with Crippen molar-refractivity contribution in [3.63, 3.8) is 0 Å². The third-order valence-electron chi connectivity index (χ3n) is 7.48. The van der Waals surface area contributed by atoms with Gasteiger partial charge < -0.3 is 5.32 Å². The Labute approximate surface area is 206 Å². The van der Waals surface area contributed by atoms with Gasteiger partial charge in [-0.3, -0.25) is 9.13 Å². The van der Waals surface area contributed by atoms with E-state index in [9.17, 15) is 9.18 Å². The molecule has 2 atom stereocenters. The molecule has 0 amide bonds. The molecule has 2 aliphatic rings. The Kier molecular flexibility index (Phi) is 4.53. The number of fused-ring (bicyclic) bond motifs is 5.